The van der Waals surface area contributed by atoms with Gasteiger partial charge in [0.1, 0.15) is 11.8 Å². The molecule has 0 aromatic heterocycles. The normalized spacial score (nSPS) is 22.2. The Morgan fingerprint density at radius 1 is 1.00 bits per heavy atom. The van der Waals surface area contributed by atoms with E-state index in [1.165, 1.54) is 5.56 Å². The summed E-state index contributed by atoms with van der Waals surface area (Å²) in [5.41, 5.74) is 2.66. The van der Waals surface area contributed by atoms with Gasteiger partial charge < -0.3 is 4.79 Å². The van der Waals surface area contributed by atoms with Gasteiger partial charge in [0.15, 0.2) is 0 Å². The van der Waals surface area contributed by atoms with Crippen LogP contribution in [0.2, 0.25) is 0 Å². The van der Waals surface area contributed by atoms with Crippen LogP contribution in [0, 0.1) is 0 Å². The average Bonchev–Trinajstić information content (AvgIpc) is 2.47. The zero-order valence-corrected chi connectivity index (χ0v) is 10.1. The van der Waals surface area contributed by atoms with Gasteiger partial charge >= 0.3 is 0 Å². The molecule has 1 aliphatic heterocycles. The van der Waals surface area contributed by atoms with Gasteiger partial charge in [0.25, 0.3) is 0 Å². The molecule has 0 spiro atoms. The number of fused-ring (bicyclic) bond motifs is 1. The van der Waals surface area contributed by atoms with Gasteiger partial charge in [-0.1, -0.05) is 54.6 Å². The van der Waals surface area contributed by atoms with Crippen molar-refractivity contribution in [3.8, 4) is 0 Å². The lowest BCUT2D eigenvalue weighted by Crippen LogP contribution is -2.49. The Balaban J connectivity index is 2.23. The number of carbonyl (C=O) groups excluding carboxylic acids is 1. The molecule has 0 saturated heterocycles. The summed E-state index contributed by atoms with van der Waals surface area (Å²) in [6.07, 6.45) is 2.00. The predicted molar refractivity (Wildman–Crippen MR) is 71.4 cm³/mol. The molecule has 0 fully saturated rings. The van der Waals surface area contributed by atoms with Crippen molar-refractivity contribution in [2.24, 2.45) is 0 Å². The van der Waals surface area contributed by atoms with E-state index in [0.717, 1.165) is 30.4 Å². The lowest BCUT2D eigenvalue weighted by atomic mass is 9.78. The third-order valence-electron chi connectivity index (χ3n) is 3.65. The van der Waals surface area contributed by atoms with E-state index in [-0.39, 0.29) is 0 Å². The highest BCUT2D eigenvalue weighted by Gasteiger charge is 2.37. The fourth-order valence-corrected chi connectivity index (χ4v) is 2.74. The molecular weight excluding hydrogens is 222 g/mol. The van der Waals surface area contributed by atoms with Crippen molar-refractivity contribution in [3.05, 3.63) is 71.3 Å². The monoisotopic (exact) mass is 237 g/mol. The van der Waals surface area contributed by atoms with Gasteiger partial charge in [0.05, 0.1) is 0 Å². The Bertz CT molecular complexity index is 564. The van der Waals surface area contributed by atoms with Crippen molar-refractivity contribution in [1.82, 2.24) is 5.32 Å². The lowest BCUT2D eigenvalue weighted by molar-refractivity contribution is -0.112. The molecule has 0 amide bonds. The summed E-state index contributed by atoms with van der Waals surface area (Å²) in [6.45, 7) is 0.824. The van der Waals surface area contributed by atoms with E-state index in [4.69, 9.17) is 0 Å². The minimum atomic E-state index is -0.684. The second kappa shape index (κ2) is 4.39. The minimum absolute atomic E-state index is 0.684. The van der Waals surface area contributed by atoms with Crippen molar-refractivity contribution in [2.45, 2.75) is 12.0 Å². The Hall–Kier alpha value is -1.93. The standard InChI is InChI=1S/C16H15NO/c18-12-16(14-7-2-1-3-8-14)15-9-5-4-6-13(15)10-11-17-16/h1-9,12,17H,10-11H2/t16-/m1/s1. The van der Waals surface area contributed by atoms with Crippen LogP contribution in [0.5, 0.6) is 0 Å². The maximum atomic E-state index is 11.8. The number of hydrogen-bond donors (Lipinski definition) is 1. The summed E-state index contributed by atoms with van der Waals surface area (Å²) in [5, 5.41) is 3.39. The Morgan fingerprint density at radius 2 is 1.72 bits per heavy atom. The van der Waals surface area contributed by atoms with Crippen LogP contribution in [-0.4, -0.2) is 12.8 Å². The third kappa shape index (κ3) is 1.57. The molecule has 0 saturated carbocycles. The summed E-state index contributed by atoms with van der Waals surface area (Å²) in [6, 6.07) is 18.1. The number of aldehydes is 1. The molecule has 1 N–H and O–H groups in total. The van der Waals surface area contributed by atoms with E-state index in [2.05, 4.69) is 11.4 Å². The summed E-state index contributed by atoms with van der Waals surface area (Å²) >= 11 is 0. The second-order valence-electron chi connectivity index (χ2n) is 4.63. The van der Waals surface area contributed by atoms with Crippen LogP contribution in [-0.2, 0) is 16.8 Å². The first-order valence-electron chi connectivity index (χ1n) is 6.22. The van der Waals surface area contributed by atoms with Gasteiger partial charge in [-0.25, -0.2) is 0 Å². The maximum absolute atomic E-state index is 11.8. The van der Waals surface area contributed by atoms with Crippen LogP contribution in [0.1, 0.15) is 16.7 Å². The molecule has 1 heterocycles. The molecule has 2 nitrogen and oxygen atoms in total. The molecule has 3 rings (SSSR count). The second-order valence-corrected chi connectivity index (χ2v) is 4.63. The van der Waals surface area contributed by atoms with Gasteiger partial charge in [0.2, 0.25) is 0 Å². The summed E-state index contributed by atoms with van der Waals surface area (Å²) in [4.78, 5) is 11.8. The van der Waals surface area contributed by atoms with Gasteiger partial charge in [-0.3, -0.25) is 5.32 Å². The average molecular weight is 237 g/mol. The largest absolute Gasteiger partial charge is 0.301 e. The molecule has 1 aliphatic rings. The Labute approximate surface area is 107 Å². The smallest absolute Gasteiger partial charge is 0.149 e. The van der Waals surface area contributed by atoms with E-state index in [9.17, 15) is 4.79 Å². The molecule has 2 aromatic rings. The highest BCUT2D eigenvalue weighted by Crippen LogP contribution is 2.33. The summed E-state index contributed by atoms with van der Waals surface area (Å²) in [5.74, 6) is 0. The predicted octanol–water partition coefficient (Wildman–Crippen LogP) is 2.27. The van der Waals surface area contributed by atoms with E-state index >= 15 is 0 Å². The van der Waals surface area contributed by atoms with Crippen molar-refractivity contribution in [2.75, 3.05) is 6.54 Å². The van der Waals surface area contributed by atoms with Crippen molar-refractivity contribution in [1.29, 1.82) is 0 Å². The van der Waals surface area contributed by atoms with E-state index in [1.807, 2.05) is 48.5 Å². The highest BCUT2D eigenvalue weighted by atomic mass is 16.1. The van der Waals surface area contributed by atoms with Gasteiger partial charge in [-0.15, -0.1) is 0 Å². The number of hydrogen-bond acceptors (Lipinski definition) is 2. The third-order valence-corrected chi connectivity index (χ3v) is 3.65. The van der Waals surface area contributed by atoms with Crippen LogP contribution in [0.3, 0.4) is 0 Å². The zero-order chi connectivity index (χ0) is 12.4. The molecule has 1 atom stereocenters. The van der Waals surface area contributed by atoms with Crippen molar-refractivity contribution >= 4 is 6.29 Å². The first-order valence-corrected chi connectivity index (χ1v) is 6.22. The molecule has 0 bridgehead atoms. The quantitative estimate of drug-likeness (QED) is 0.812. The van der Waals surface area contributed by atoms with Crippen molar-refractivity contribution < 1.29 is 4.79 Å². The SMILES string of the molecule is O=C[C@]1(c2ccccc2)NCCc2ccccc21. The molecule has 18 heavy (non-hydrogen) atoms. The summed E-state index contributed by atoms with van der Waals surface area (Å²) in [7, 11) is 0. The van der Waals surface area contributed by atoms with Crippen LogP contribution in [0.25, 0.3) is 0 Å². The fourth-order valence-electron chi connectivity index (χ4n) is 2.74. The highest BCUT2D eigenvalue weighted by molar-refractivity contribution is 5.75. The Morgan fingerprint density at radius 3 is 2.50 bits per heavy atom. The van der Waals surface area contributed by atoms with Gasteiger partial charge in [-0.2, -0.15) is 0 Å². The first kappa shape index (κ1) is 11.2. The maximum Gasteiger partial charge on any atom is 0.149 e. The number of carbonyl (C=O) groups is 1. The topological polar surface area (TPSA) is 29.1 Å². The first-order chi connectivity index (χ1) is 8.87. The van der Waals surface area contributed by atoms with Crippen LogP contribution in [0.4, 0.5) is 0 Å². The van der Waals surface area contributed by atoms with Gasteiger partial charge in [-0.05, 0) is 23.1 Å². The van der Waals surface area contributed by atoms with Crippen LogP contribution in [0.15, 0.2) is 54.6 Å². The van der Waals surface area contributed by atoms with E-state index in [0.29, 0.717) is 0 Å². The number of benzene rings is 2. The molecule has 0 radical (unpaired) electrons. The van der Waals surface area contributed by atoms with Crippen molar-refractivity contribution in [3.63, 3.8) is 0 Å². The fraction of sp³-hybridized carbons (Fsp3) is 0.188. The summed E-state index contributed by atoms with van der Waals surface area (Å²) < 4.78 is 0. The molecule has 0 aliphatic carbocycles. The Kier molecular flexibility index (Phi) is 2.73. The van der Waals surface area contributed by atoms with Crippen LogP contribution >= 0.6 is 0 Å². The van der Waals surface area contributed by atoms with E-state index in [1.54, 1.807) is 0 Å². The van der Waals surface area contributed by atoms with E-state index < -0.39 is 5.54 Å². The minimum Gasteiger partial charge on any atom is -0.301 e. The van der Waals surface area contributed by atoms with Gasteiger partial charge in [0, 0.05) is 6.54 Å². The lowest BCUT2D eigenvalue weighted by Gasteiger charge is -2.36. The molecule has 2 aromatic carbocycles. The zero-order valence-electron chi connectivity index (χ0n) is 10.1. The molecular formula is C16H15NO. The molecule has 2 heteroatoms. The molecule has 90 valence electrons. The number of nitrogens with one attached hydrogen (secondary N) is 1. The molecule has 0 unspecified atom stereocenters. The van der Waals surface area contributed by atoms with Crippen LogP contribution < -0.4 is 5.32 Å². The number of rotatable bonds is 2.